The Hall–Kier alpha value is -0.720. The van der Waals surface area contributed by atoms with Gasteiger partial charge in [0.1, 0.15) is 0 Å². The third kappa shape index (κ3) is 7.28. The van der Waals surface area contributed by atoms with Crippen molar-refractivity contribution in [3.8, 4) is 0 Å². The molecule has 0 amide bonds. The molecule has 9 heavy (non-hydrogen) atoms. The highest BCUT2D eigenvalue weighted by Gasteiger charge is 1.78. The largest absolute Gasteiger partial charge is 0.391 e. The van der Waals surface area contributed by atoms with E-state index in [4.69, 9.17) is 0 Å². The summed E-state index contributed by atoms with van der Waals surface area (Å²) in [5.74, 6) is 0. The van der Waals surface area contributed by atoms with Crippen LogP contribution >= 0.6 is 0 Å². The molecule has 0 saturated heterocycles. The summed E-state index contributed by atoms with van der Waals surface area (Å²) in [5, 5.41) is 3.04. The maximum Gasteiger partial charge on any atom is 0.0144 e. The summed E-state index contributed by atoms with van der Waals surface area (Å²) in [7, 11) is 0. The third-order valence-electron chi connectivity index (χ3n) is 1.07. The van der Waals surface area contributed by atoms with Gasteiger partial charge < -0.3 is 5.32 Å². The van der Waals surface area contributed by atoms with Crippen molar-refractivity contribution in [3.63, 3.8) is 0 Å². The van der Waals surface area contributed by atoms with Crippen LogP contribution in [0.2, 0.25) is 0 Å². The standard InChI is InChI=1S/C8H15N/c1-3-5-6-7-8-9-4-2/h3-5,9H,2,6-8H2,1H3/b5-3+. The van der Waals surface area contributed by atoms with Crippen LogP contribution in [0.4, 0.5) is 0 Å². The molecule has 0 aliphatic carbocycles. The van der Waals surface area contributed by atoms with Crippen molar-refractivity contribution in [3.05, 3.63) is 24.9 Å². The Kier molecular flexibility index (Phi) is 6.70. The topological polar surface area (TPSA) is 12.0 Å². The van der Waals surface area contributed by atoms with Crippen molar-refractivity contribution < 1.29 is 0 Å². The van der Waals surface area contributed by atoms with Gasteiger partial charge in [0.15, 0.2) is 0 Å². The highest BCUT2D eigenvalue weighted by molar-refractivity contribution is 4.77. The van der Waals surface area contributed by atoms with Crippen LogP contribution in [0.5, 0.6) is 0 Å². The smallest absolute Gasteiger partial charge is 0.0144 e. The number of rotatable bonds is 5. The van der Waals surface area contributed by atoms with E-state index in [0.29, 0.717) is 0 Å². The van der Waals surface area contributed by atoms with Gasteiger partial charge in [-0.2, -0.15) is 0 Å². The lowest BCUT2D eigenvalue weighted by molar-refractivity contribution is 0.765. The minimum Gasteiger partial charge on any atom is -0.391 e. The molecule has 0 aromatic heterocycles. The molecule has 0 heterocycles. The van der Waals surface area contributed by atoms with E-state index >= 15 is 0 Å². The van der Waals surface area contributed by atoms with Crippen LogP contribution in [0.15, 0.2) is 24.9 Å². The SMILES string of the molecule is C=CNCCC/C=C/C. The maximum absolute atomic E-state index is 3.55. The second-order valence-electron chi connectivity index (χ2n) is 1.87. The molecular weight excluding hydrogens is 110 g/mol. The first-order chi connectivity index (χ1) is 4.41. The number of unbranched alkanes of at least 4 members (excludes halogenated alkanes) is 1. The summed E-state index contributed by atoms with van der Waals surface area (Å²) < 4.78 is 0. The summed E-state index contributed by atoms with van der Waals surface area (Å²) in [6.45, 7) is 6.63. The normalized spacial score (nSPS) is 9.89. The molecule has 0 rings (SSSR count). The molecule has 0 aromatic carbocycles. The molecule has 0 atom stereocenters. The first kappa shape index (κ1) is 8.28. The van der Waals surface area contributed by atoms with Crippen LogP contribution in [-0.4, -0.2) is 6.54 Å². The molecule has 0 bridgehead atoms. The second kappa shape index (κ2) is 7.28. The molecule has 0 saturated carbocycles. The molecule has 0 fully saturated rings. The van der Waals surface area contributed by atoms with Gasteiger partial charge in [-0.05, 0) is 26.0 Å². The van der Waals surface area contributed by atoms with E-state index in [2.05, 4.69) is 24.0 Å². The van der Waals surface area contributed by atoms with Crippen LogP contribution in [0.3, 0.4) is 0 Å². The van der Waals surface area contributed by atoms with E-state index in [9.17, 15) is 0 Å². The van der Waals surface area contributed by atoms with Crippen molar-refractivity contribution in [2.24, 2.45) is 0 Å². The fourth-order valence-electron chi connectivity index (χ4n) is 0.591. The molecule has 0 aromatic rings. The monoisotopic (exact) mass is 125 g/mol. The fraction of sp³-hybridized carbons (Fsp3) is 0.500. The van der Waals surface area contributed by atoms with E-state index < -0.39 is 0 Å². The molecule has 0 unspecified atom stereocenters. The average molecular weight is 125 g/mol. The van der Waals surface area contributed by atoms with Gasteiger partial charge in [0.2, 0.25) is 0 Å². The molecule has 0 aliphatic rings. The van der Waals surface area contributed by atoms with Crippen LogP contribution in [0.25, 0.3) is 0 Å². The summed E-state index contributed by atoms with van der Waals surface area (Å²) in [6.07, 6.45) is 8.34. The lowest BCUT2D eigenvalue weighted by atomic mass is 10.3. The van der Waals surface area contributed by atoms with E-state index in [1.807, 2.05) is 6.92 Å². The Morgan fingerprint density at radius 3 is 2.89 bits per heavy atom. The quantitative estimate of drug-likeness (QED) is 0.438. The lowest BCUT2D eigenvalue weighted by Crippen LogP contribution is -2.04. The van der Waals surface area contributed by atoms with Gasteiger partial charge in [-0.1, -0.05) is 18.7 Å². The Morgan fingerprint density at radius 1 is 1.56 bits per heavy atom. The molecule has 0 radical (unpaired) electrons. The van der Waals surface area contributed by atoms with Crippen molar-refractivity contribution in [2.75, 3.05) is 6.54 Å². The molecular formula is C8H15N. The zero-order valence-electron chi connectivity index (χ0n) is 6.06. The first-order valence-corrected chi connectivity index (χ1v) is 3.37. The van der Waals surface area contributed by atoms with Gasteiger partial charge in [-0.25, -0.2) is 0 Å². The molecule has 1 nitrogen and oxygen atoms in total. The van der Waals surface area contributed by atoms with Crippen LogP contribution in [0, 0.1) is 0 Å². The summed E-state index contributed by atoms with van der Waals surface area (Å²) >= 11 is 0. The van der Waals surface area contributed by atoms with Crippen LogP contribution in [0.1, 0.15) is 19.8 Å². The molecule has 1 heteroatoms. The maximum atomic E-state index is 3.55. The van der Waals surface area contributed by atoms with Gasteiger partial charge in [0, 0.05) is 6.54 Å². The van der Waals surface area contributed by atoms with Crippen molar-refractivity contribution in [1.29, 1.82) is 0 Å². The predicted octanol–water partition coefficient (Wildman–Crippen LogP) is 2.08. The zero-order chi connectivity index (χ0) is 6.95. The number of hydrogen-bond donors (Lipinski definition) is 1. The van der Waals surface area contributed by atoms with E-state index in [1.54, 1.807) is 6.20 Å². The summed E-state index contributed by atoms with van der Waals surface area (Å²) in [6, 6.07) is 0. The molecule has 0 aliphatic heterocycles. The fourth-order valence-corrected chi connectivity index (χ4v) is 0.591. The van der Waals surface area contributed by atoms with Crippen molar-refractivity contribution in [2.45, 2.75) is 19.8 Å². The minimum absolute atomic E-state index is 1.04. The summed E-state index contributed by atoms with van der Waals surface area (Å²) in [5.41, 5.74) is 0. The Morgan fingerprint density at radius 2 is 2.33 bits per heavy atom. The van der Waals surface area contributed by atoms with Gasteiger partial charge >= 0.3 is 0 Å². The summed E-state index contributed by atoms with van der Waals surface area (Å²) in [4.78, 5) is 0. The molecule has 0 spiro atoms. The first-order valence-electron chi connectivity index (χ1n) is 3.37. The highest BCUT2D eigenvalue weighted by atomic mass is 14.8. The van der Waals surface area contributed by atoms with Gasteiger partial charge in [0.25, 0.3) is 0 Å². The molecule has 52 valence electrons. The van der Waals surface area contributed by atoms with Crippen LogP contribution < -0.4 is 5.32 Å². The van der Waals surface area contributed by atoms with Gasteiger partial charge in [-0.3, -0.25) is 0 Å². The highest BCUT2D eigenvalue weighted by Crippen LogP contribution is 1.87. The van der Waals surface area contributed by atoms with Gasteiger partial charge in [0.05, 0.1) is 0 Å². The van der Waals surface area contributed by atoms with Crippen LogP contribution in [-0.2, 0) is 0 Å². The van der Waals surface area contributed by atoms with Crippen molar-refractivity contribution >= 4 is 0 Å². The van der Waals surface area contributed by atoms with Gasteiger partial charge in [-0.15, -0.1) is 0 Å². The minimum atomic E-state index is 1.04. The number of allylic oxidation sites excluding steroid dienone is 2. The second-order valence-corrected chi connectivity index (χ2v) is 1.87. The third-order valence-corrected chi connectivity index (χ3v) is 1.07. The van der Waals surface area contributed by atoms with E-state index in [1.165, 1.54) is 6.42 Å². The molecule has 1 N–H and O–H groups in total. The Labute approximate surface area is 57.5 Å². The van der Waals surface area contributed by atoms with Crippen molar-refractivity contribution in [1.82, 2.24) is 5.32 Å². The Balaban J connectivity index is 2.82. The lowest BCUT2D eigenvalue weighted by Gasteiger charge is -1.94. The average Bonchev–Trinajstić information content (AvgIpc) is 1.89. The predicted molar refractivity (Wildman–Crippen MR) is 42.2 cm³/mol. The van der Waals surface area contributed by atoms with E-state index in [-0.39, 0.29) is 0 Å². The number of nitrogens with one attached hydrogen (secondary N) is 1. The number of hydrogen-bond acceptors (Lipinski definition) is 1. The Bertz CT molecular complexity index is 84.6. The van der Waals surface area contributed by atoms with E-state index in [0.717, 1.165) is 13.0 Å². The zero-order valence-corrected chi connectivity index (χ0v) is 6.06.